The Morgan fingerprint density at radius 3 is 2.69 bits per heavy atom. The van der Waals surface area contributed by atoms with E-state index in [4.69, 9.17) is 5.73 Å². The van der Waals surface area contributed by atoms with E-state index in [1.807, 2.05) is 26.1 Å². The predicted molar refractivity (Wildman–Crippen MR) is 106 cm³/mol. The minimum Gasteiger partial charge on any atom is -0.397 e. The smallest absolute Gasteiger partial charge is 0.0994 e. The summed E-state index contributed by atoms with van der Waals surface area (Å²) in [6.45, 7) is 6.38. The van der Waals surface area contributed by atoms with E-state index in [2.05, 4.69) is 34.8 Å². The van der Waals surface area contributed by atoms with Gasteiger partial charge in [-0.05, 0) is 62.3 Å². The summed E-state index contributed by atoms with van der Waals surface area (Å²) in [5, 5.41) is 10.6. The Labute approximate surface area is 154 Å². The summed E-state index contributed by atoms with van der Waals surface area (Å²) in [5.74, 6) is 0.760. The van der Waals surface area contributed by atoms with Crippen LogP contribution in [0.3, 0.4) is 0 Å². The molecule has 0 amide bonds. The maximum absolute atomic E-state index is 9.50. The van der Waals surface area contributed by atoms with Crippen LogP contribution in [-0.2, 0) is 0 Å². The zero-order valence-electron chi connectivity index (χ0n) is 15.6. The third-order valence-electron chi connectivity index (χ3n) is 5.90. The highest BCUT2D eigenvalue weighted by Gasteiger charge is 2.25. The highest BCUT2D eigenvalue weighted by molar-refractivity contribution is 5.98. The lowest BCUT2D eigenvalue weighted by atomic mass is 9.99. The van der Waals surface area contributed by atoms with E-state index in [9.17, 15) is 5.26 Å². The molecule has 1 aliphatic carbocycles. The standard InChI is InChI=1S/C22H24N4/c1-13-4-5-17(6-13)26-12-20(19-10-25-11-21(24)15(19)3)18-8-16(9-23)14(2)7-22(18)26/h7-8,10-13,17H,4-6,24H2,1-3H3. The number of nitrogens with two attached hydrogens (primary N) is 1. The zero-order valence-corrected chi connectivity index (χ0v) is 15.6. The van der Waals surface area contributed by atoms with Crippen molar-refractivity contribution >= 4 is 16.6 Å². The van der Waals surface area contributed by atoms with Gasteiger partial charge in [-0.1, -0.05) is 6.92 Å². The lowest BCUT2D eigenvalue weighted by Crippen LogP contribution is -2.03. The number of hydrogen-bond donors (Lipinski definition) is 1. The molecule has 4 rings (SSSR count). The molecular weight excluding hydrogens is 320 g/mol. The fourth-order valence-corrected chi connectivity index (χ4v) is 4.28. The van der Waals surface area contributed by atoms with Gasteiger partial charge in [0, 0.05) is 40.5 Å². The van der Waals surface area contributed by atoms with Crippen LogP contribution < -0.4 is 5.73 Å². The molecule has 26 heavy (non-hydrogen) atoms. The van der Waals surface area contributed by atoms with Crippen LogP contribution in [0, 0.1) is 31.1 Å². The van der Waals surface area contributed by atoms with Crippen molar-refractivity contribution in [2.75, 3.05) is 5.73 Å². The Balaban J connectivity index is 2.01. The van der Waals surface area contributed by atoms with E-state index in [0.717, 1.165) is 39.1 Å². The fraction of sp³-hybridized carbons (Fsp3) is 0.364. The second-order valence-corrected chi connectivity index (χ2v) is 7.72. The van der Waals surface area contributed by atoms with Gasteiger partial charge in [-0.2, -0.15) is 5.26 Å². The van der Waals surface area contributed by atoms with Gasteiger partial charge >= 0.3 is 0 Å². The van der Waals surface area contributed by atoms with Crippen LogP contribution in [0.4, 0.5) is 5.69 Å². The summed E-state index contributed by atoms with van der Waals surface area (Å²) in [7, 11) is 0. The second-order valence-electron chi connectivity index (χ2n) is 7.72. The van der Waals surface area contributed by atoms with Gasteiger partial charge in [-0.25, -0.2) is 0 Å². The molecule has 4 heteroatoms. The number of aromatic nitrogens is 2. The van der Waals surface area contributed by atoms with Crippen LogP contribution in [0.2, 0.25) is 0 Å². The van der Waals surface area contributed by atoms with Crippen LogP contribution >= 0.6 is 0 Å². The molecule has 2 unspecified atom stereocenters. The molecule has 4 nitrogen and oxygen atoms in total. The molecule has 0 saturated heterocycles. The topological polar surface area (TPSA) is 67.6 Å². The van der Waals surface area contributed by atoms with Gasteiger partial charge in [0.1, 0.15) is 0 Å². The zero-order chi connectivity index (χ0) is 18.4. The molecule has 2 atom stereocenters. The van der Waals surface area contributed by atoms with Gasteiger partial charge in [-0.3, -0.25) is 4.98 Å². The molecule has 1 saturated carbocycles. The molecule has 0 aliphatic heterocycles. The van der Waals surface area contributed by atoms with Crippen LogP contribution in [0.15, 0.2) is 30.7 Å². The average molecular weight is 344 g/mol. The number of rotatable bonds is 2. The van der Waals surface area contributed by atoms with Crippen LogP contribution in [0.25, 0.3) is 22.0 Å². The highest BCUT2D eigenvalue weighted by atomic mass is 15.0. The molecule has 0 bridgehead atoms. The lowest BCUT2D eigenvalue weighted by Gasteiger charge is -2.14. The van der Waals surface area contributed by atoms with Crippen molar-refractivity contribution in [2.45, 2.75) is 46.1 Å². The van der Waals surface area contributed by atoms with E-state index in [0.29, 0.717) is 11.7 Å². The Hall–Kier alpha value is -2.80. The monoisotopic (exact) mass is 344 g/mol. The number of pyridine rings is 1. The van der Waals surface area contributed by atoms with Crippen LogP contribution in [-0.4, -0.2) is 9.55 Å². The van der Waals surface area contributed by atoms with Gasteiger partial charge in [0.05, 0.1) is 23.5 Å². The van der Waals surface area contributed by atoms with Crippen LogP contribution in [0.1, 0.15) is 48.9 Å². The largest absolute Gasteiger partial charge is 0.397 e. The van der Waals surface area contributed by atoms with Gasteiger partial charge in [-0.15, -0.1) is 0 Å². The summed E-state index contributed by atoms with van der Waals surface area (Å²) < 4.78 is 2.42. The third-order valence-corrected chi connectivity index (χ3v) is 5.90. The number of fused-ring (bicyclic) bond motifs is 1. The first-order chi connectivity index (χ1) is 12.5. The molecule has 132 valence electrons. The first kappa shape index (κ1) is 16.7. The highest BCUT2D eigenvalue weighted by Crippen LogP contribution is 2.41. The maximum atomic E-state index is 9.50. The SMILES string of the molecule is Cc1cc2c(cc1C#N)c(-c1cncc(N)c1C)cn2C1CCC(C)C1. The Bertz CT molecular complexity index is 1040. The van der Waals surface area contributed by atoms with E-state index >= 15 is 0 Å². The maximum Gasteiger partial charge on any atom is 0.0994 e. The van der Waals surface area contributed by atoms with Gasteiger partial charge in [0.15, 0.2) is 0 Å². The molecule has 2 N–H and O–H groups in total. The summed E-state index contributed by atoms with van der Waals surface area (Å²) >= 11 is 0. The van der Waals surface area contributed by atoms with E-state index < -0.39 is 0 Å². The molecule has 1 aliphatic rings. The summed E-state index contributed by atoms with van der Waals surface area (Å²) in [5.41, 5.74) is 13.0. The first-order valence-electron chi connectivity index (χ1n) is 9.25. The minimum atomic E-state index is 0.517. The Morgan fingerprint density at radius 2 is 2.00 bits per heavy atom. The molecule has 0 radical (unpaired) electrons. The van der Waals surface area contributed by atoms with E-state index in [-0.39, 0.29) is 0 Å². The molecule has 2 aromatic heterocycles. The number of nitrogens with zero attached hydrogens (tertiary/aromatic N) is 3. The van der Waals surface area contributed by atoms with Crippen molar-refractivity contribution in [2.24, 2.45) is 5.92 Å². The molecule has 1 aromatic carbocycles. The van der Waals surface area contributed by atoms with Crippen molar-refractivity contribution in [3.8, 4) is 17.2 Å². The third kappa shape index (κ3) is 2.55. The predicted octanol–water partition coefficient (Wildman–Crippen LogP) is 5.14. The number of nitrogen functional groups attached to an aromatic ring is 1. The van der Waals surface area contributed by atoms with E-state index in [1.165, 1.54) is 24.8 Å². The Kier molecular flexibility index (Phi) is 3.96. The van der Waals surface area contributed by atoms with Gasteiger partial charge < -0.3 is 10.3 Å². The fourth-order valence-electron chi connectivity index (χ4n) is 4.28. The van der Waals surface area contributed by atoms with Crippen molar-refractivity contribution in [3.05, 3.63) is 47.4 Å². The minimum absolute atomic E-state index is 0.517. The average Bonchev–Trinajstić information content (AvgIpc) is 3.20. The lowest BCUT2D eigenvalue weighted by molar-refractivity contribution is 0.507. The number of nitriles is 1. The van der Waals surface area contributed by atoms with Crippen molar-refractivity contribution < 1.29 is 0 Å². The number of anilines is 1. The normalized spacial score (nSPS) is 19.8. The van der Waals surface area contributed by atoms with Gasteiger partial charge in [0.2, 0.25) is 0 Å². The number of aryl methyl sites for hydroxylation is 1. The molecule has 1 fully saturated rings. The Morgan fingerprint density at radius 1 is 1.19 bits per heavy atom. The quantitative estimate of drug-likeness (QED) is 0.700. The van der Waals surface area contributed by atoms with Crippen molar-refractivity contribution in [1.29, 1.82) is 5.26 Å². The van der Waals surface area contributed by atoms with Crippen molar-refractivity contribution in [1.82, 2.24) is 9.55 Å². The first-order valence-corrected chi connectivity index (χ1v) is 9.25. The number of hydrogen-bond acceptors (Lipinski definition) is 3. The summed E-state index contributed by atoms with van der Waals surface area (Å²) in [6, 6.07) is 7.03. The molecule has 2 heterocycles. The summed E-state index contributed by atoms with van der Waals surface area (Å²) in [6.07, 6.45) is 9.51. The molecule has 0 spiro atoms. The van der Waals surface area contributed by atoms with Gasteiger partial charge in [0.25, 0.3) is 0 Å². The molecule has 3 aromatic rings. The number of benzene rings is 1. The second kappa shape index (κ2) is 6.17. The van der Waals surface area contributed by atoms with Crippen molar-refractivity contribution in [3.63, 3.8) is 0 Å². The summed E-state index contributed by atoms with van der Waals surface area (Å²) in [4.78, 5) is 4.31. The molecular formula is C22H24N4. The van der Waals surface area contributed by atoms with E-state index in [1.54, 1.807) is 6.20 Å². The van der Waals surface area contributed by atoms with Crippen LogP contribution in [0.5, 0.6) is 0 Å².